The Labute approximate surface area is 109 Å². The van der Waals surface area contributed by atoms with Gasteiger partial charge < -0.3 is 4.74 Å². The van der Waals surface area contributed by atoms with Crippen LogP contribution >= 0.6 is 0 Å². The van der Waals surface area contributed by atoms with Gasteiger partial charge in [0, 0.05) is 13.2 Å². The van der Waals surface area contributed by atoms with Crippen LogP contribution in [0.5, 0.6) is 0 Å². The predicted octanol–water partition coefficient (Wildman–Crippen LogP) is 5.58. The van der Waals surface area contributed by atoms with Gasteiger partial charge in [-0.25, -0.2) is 0 Å². The maximum Gasteiger partial charge on any atom is 0.0471 e. The second-order valence-electron chi connectivity index (χ2n) is 6.40. The summed E-state index contributed by atoms with van der Waals surface area (Å²) < 4.78 is 5.65. The zero-order valence-corrected chi connectivity index (χ0v) is 12.7. The van der Waals surface area contributed by atoms with Crippen molar-refractivity contribution in [3.05, 3.63) is 0 Å². The van der Waals surface area contributed by atoms with E-state index in [4.69, 9.17) is 4.74 Å². The molecule has 104 valence electrons. The van der Waals surface area contributed by atoms with Gasteiger partial charge in [-0.1, -0.05) is 72.6 Å². The molecule has 0 heterocycles. The summed E-state index contributed by atoms with van der Waals surface area (Å²) in [7, 11) is 0. The molecule has 0 aliphatic rings. The second-order valence-corrected chi connectivity index (χ2v) is 6.40. The van der Waals surface area contributed by atoms with Crippen LogP contribution < -0.4 is 0 Å². The summed E-state index contributed by atoms with van der Waals surface area (Å²) in [4.78, 5) is 0. The number of hydrogen-bond acceptors (Lipinski definition) is 1. The van der Waals surface area contributed by atoms with Gasteiger partial charge in [-0.2, -0.15) is 0 Å². The fourth-order valence-electron chi connectivity index (χ4n) is 1.82. The van der Waals surface area contributed by atoms with Gasteiger partial charge in [0.1, 0.15) is 0 Å². The minimum absolute atomic E-state index is 0.416. The fraction of sp³-hybridized carbons (Fsp3) is 1.00. The molecule has 0 saturated carbocycles. The molecule has 0 rings (SSSR count). The molecular formula is C16H34O. The standard InChI is InChI=1S/C16H34O/c1-5-6-7-8-9-10-11-12-14-17-15-13-16(2,3)4/h5-15H2,1-4H3. The highest BCUT2D eigenvalue weighted by Gasteiger charge is 2.08. The minimum Gasteiger partial charge on any atom is -0.381 e. The van der Waals surface area contributed by atoms with E-state index in [1.165, 1.54) is 57.8 Å². The Morgan fingerprint density at radius 1 is 0.706 bits per heavy atom. The average molecular weight is 242 g/mol. The van der Waals surface area contributed by atoms with Gasteiger partial charge in [-0.3, -0.25) is 0 Å². The van der Waals surface area contributed by atoms with Gasteiger partial charge in [0.2, 0.25) is 0 Å². The molecule has 1 nitrogen and oxygen atoms in total. The molecule has 0 aliphatic heterocycles. The number of unbranched alkanes of at least 4 members (excludes halogenated alkanes) is 7. The molecule has 0 amide bonds. The molecule has 0 saturated heterocycles. The summed E-state index contributed by atoms with van der Waals surface area (Å²) in [6, 6.07) is 0. The Bertz CT molecular complexity index is 146. The first-order chi connectivity index (χ1) is 8.06. The first kappa shape index (κ1) is 17.0. The first-order valence-corrected chi connectivity index (χ1v) is 7.64. The van der Waals surface area contributed by atoms with Gasteiger partial charge in [-0.05, 0) is 18.3 Å². The van der Waals surface area contributed by atoms with Gasteiger partial charge in [0.25, 0.3) is 0 Å². The van der Waals surface area contributed by atoms with Crippen LogP contribution in [0.15, 0.2) is 0 Å². The Balaban J connectivity index is 2.99. The van der Waals surface area contributed by atoms with Gasteiger partial charge >= 0.3 is 0 Å². The van der Waals surface area contributed by atoms with Crippen LogP contribution in [0.2, 0.25) is 0 Å². The maximum absolute atomic E-state index is 5.65. The Kier molecular flexibility index (Phi) is 11.0. The van der Waals surface area contributed by atoms with Gasteiger partial charge in [0.15, 0.2) is 0 Å². The molecule has 0 aliphatic carbocycles. The lowest BCUT2D eigenvalue weighted by atomic mass is 9.93. The van der Waals surface area contributed by atoms with E-state index in [0.29, 0.717) is 5.41 Å². The molecule has 0 N–H and O–H groups in total. The third-order valence-electron chi connectivity index (χ3n) is 3.14. The lowest BCUT2D eigenvalue weighted by Gasteiger charge is -2.17. The summed E-state index contributed by atoms with van der Waals surface area (Å²) in [6.45, 7) is 11.0. The summed E-state index contributed by atoms with van der Waals surface area (Å²) >= 11 is 0. The summed E-state index contributed by atoms with van der Waals surface area (Å²) in [5.74, 6) is 0. The van der Waals surface area contributed by atoms with Gasteiger partial charge in [-0.15, -0.1) is 0 Å². The lowest BCUT2D eigenvalue weighted by molar-refractivity contribution is 0.105. The van der Waals surface area contributed by atoms with Crippen molar-refractivity contribution in [3.63, 3.8) is 0 Å². The highest BCUT2D eigenvalue weighted by Crippen LogP contribution is 2.18. The normalized spacial score (nSPS) is 12.0. The molecule has 1 heteroatoms. The van der Waals surface area contributed by atoms with E-state index < -0.39 is 0 Å². The van der Waals surface area contributed by atoms with E-state index >= 15 is 0 Å². The van der Waals surface area contributed by atoms with Crippen molar-refractivity contribution < 1.29 is 4.74 Å². The Morgan fingerprint density at radius 3 is 1.76 bits per heavy atom. The minimum atomic E-state index is 0.416. The predicted molar refractivity (Wildman–Crippen MR) is 77.5 cm³/mol. The van der Waals surface area contributed by atoms with Crippen molar-refractivity contribution in [2.45, 2.75) is 85.5 Å². The molecule has 0 radical (unpaired) electrons. The van der Waals surface area contributed by atoms with Crippen molar-refractivity contribution in [1.82, 2.24) is 0 Å². The van der Waals surface area contributed by atoms with E-state index in [2.05, 4.69) is 27.7 Å². The third kappa shape index (κ3) is 16.0. The van der Waals surface area contributed by atoms with E-state index in [9.17, 15) is 0 Å². The molecule has 0 fully saturated rings. The summed E-state index contributed by atoms with van der Waals surface area (Å²) in [6.07, 6.45) is 12.2. The van der Waals surface area contributed by atoms with Crippen LogP contribution in [-0.4, -0.2) is 13.2 Å². The number of hydrogen-bond donors (Lipinski definition) is 0. The average Bonchev–Trinajstić information content (AvgIpc) is 2.24. The van der Waals surface area contributed by atoms with E-state index in [-0.39, 0.29) is 0 Å². The SMILES string of the molecule is CCCCCCCCCCOCCC(C)(C)C. The molecule has 0 bridgehead atoms. The van der Waals surface area contributed by atoms with Crippen LogP contribution in [0.4, 0.5) is 0 Å². The molecule has 0 aromatic rings. The quantitative estimate of drug-likeness (QED) is 0.430. The van der Waals surface area contributed by atoms with E-state index in [1.54, 1.807) is 0 Å². The van der Waals surface area contributed by atoms with Crippen molar-refractivity contribution in [2.24, 2.45) is 5.41 Å². The van der Waals surface area contributed by atoms with E-state index in [1.807, 2.05) is 0 Å². The highest BCUT2D eigenvalue weighted by molar-refractivity contribution is 4.59. The molecule has 0 unspecified atom stereocenters. The van der Waals surface area contributed by atoms with Crippen molar-refractivity contribution in [2.75, 3.05) is 13.2 Å². The number of rotatable bonds is 11. The van der Waals surface area contributed by atoms with Crippen LogP contribution in [0.25, 0.3) is 0 Å². The molecular weight excluding hydrogens is 208 g/mol. The lowest BCUT2D eigenvalue weighted by Crippen LogP contribution is -2.09. The number of ether oxygens (including phenoxy) is 1. The van der Waals surface area contributed by atoms with Crippen LogP contribution in [0.1, 0.15) is 85.5 Å². The monoisotopic (exact) mass is 242 g/mol. The fourth-order valence-corrected chi connectivity index (χ4v) is 1.82. The second kappa shape index (κ2) is 11.1. The van der Waals surface area contributed by atoms with Crippen LogP contribution in [0.3, 0.4) is 0 Å². The molecule has 17 heavy (non-hydrogen) atoms. The highest BCUT2D eigenvalue weighted by atomic mass is 16.5. The van der Waals surface area contributed by atoms with Crippen molar-refractivity contribution >= 4 is 0 Å². The third-order valence-corrected chi connectivity index (χ3v) is 3.14. The Morgan fingerprint density at radius 2 is 1.24 bits per heavy atom. The Hall–Kier alpha value is -0.0400. The molecule has 0 atom stereocenters. The van der Waals surface area contributed by atoms with Gasteiger partial charge in [0.05, 0.1) is 0 Å². The zero-order valence-electron chi connectivity index (χ0n) is 12.7. The van der Waals surface area contributed by atoms with Crippen LogP contribution in [-0.2, 0) is 4.74 Å². The summed E-state index contributed by atoms with van der Waals surface area (Å²) in [5.41, 5.74) is 0.416. The molecule has 0 aromatic heterocycles. The molecule has 0 spiro atoms. The smallest absolute Gasteiger partial charge is 0.0471 e. The zero-order chi connectivity index (χ0) is 13.0. The topological polar surface area (TPSA) is 9.23 Å². The maximum atomic E-state index is 5.65. The van der Waals surface area contributed by atoms with Crippen LogP contribution in [0, 0.1) is 5.41 Å². The van der Waals surface area contributed by atoms with Crippen molar-refractivity contribution in [3.8, 4) is 0 Å². The van der Waals surface area contributed by atoms with E-state index in [0.717, 1.165) is 13.2 Å². The largest absolute Gasteiger partial charge is 0.381 e. The summed E-state index contributed by atoms with van der Waals surface area (Å²) in [5, 5.41) is 0. The molecule has 0 aromatic carbocycles. The van der Waals surface area contributed by atoms with Crippen molar-refractivity contribution in [1.29, 1.82) is 0 Å². The first-order valence-electron chi connectivity index (χ1n) is 7.64.